The summed E-state index contributed by atoms with van der Waals surface area (Å²) >= 11 is 0. The Morgan fingerprint density at radius 2 is 2.00 bits per heavy atom. The van der Waals surface area contributed by atoms with Gasteiger partial charge in [0.15, 0.2) is 0 Å². The molecule has 0 amide bonds. The number of rotatable bonds is 4. The Morgan fingerprint density at radius 1 is 1.44 bits per heavy atom. The lowest BCUT2D eigenvalue weighted by Gasteiger charge is -2.27. The molecule has 0 aromatic carbocycles. The van der Waals surface area contributed by atoms with Gasteiger partial charge in [-0.15, -0.1) is 0 Å². The Morgan fingerprint density at radius 3 is 2.50 bits per heavy atom. The average Bonchev–Trinajstić information content (AvgIpc) is 2.28. The van der Waals surface area contributed by atoms with Gasteiger partial charge in [0.25, 0.3) is 0 Å². The molecule has 0 saturated carbocycles. The third kappa shape index (κ3) is 3.03. The molecule has 4 nitrogen and oxygen atoms in total. The first-order valence-corrected chi connectivity index (χ1v) is 5.23. The molecular formula is C12H18N2O2. The molecule has 1 rings (SSSR count). The van der Waals surface area contributed by atoms with Gasteiger partial charge in [-0.25, -0.2) is 0 Å². The molecule has 4 heteroatoms. The maximum atomic E-state index is 11.5. The quantitative estimate of drug-likeness (QED) is 0.787. The smallest absolute Gasteiger partial charge is 0.325 e. The van der Waals surface area contributed by atoms with Gasteiger partial charge in [0, 0.05) is 18.4 Å². The van der Waals surface area contributed by atoms with Gasteiger partial charge in [-0.1, -0.05) is 0 Å². The molecule has 1 N–H and O–H groups in total. The van der Waals surface area contributed by atoms with Gasteiger partial charge >= 0.3 is 5.97 Å². The number of nitrogens with zero attached hydrogens (tertiary/aromatic N) is 1. The van der Waals surface area contributed by atoms with Crippen molar-refractivity contribution in [1.82, 2.24) is 10.3 Å². The standard InChI is InChI=1S/C12H18N2O2/c1-9(10-5-7-13-8-6-10)14-12(2,3)11(15)16-4/h5-9,14H,1-4H3. The van der Waals surface area contributed by atoms with Gasteiger partial charge in [0.2, 0.25) is 0 Å². The predicted octanol–water partition coefficient (Wildman–Crippen LogP) is 1.68. The molecular weight excluding hydrogens is 204 g/mol. The average molecular weight is 222 g/mol. The van der Waals surface area contributed by atoms with Crippen molar-refractivity contribution in [3.05, 3.63) is 30.1 Å². The minimum atomic E-state index is -0.697. The molecule has 0 aliphatic carbocycles. The molecule has 0 spiro atoms. The molecule has 0 aliphatic rings. The fourth-order valence-electron chi connectivity index (χ4n) is 1.59. The van der Waals surface area contributed by atoms with Gasteiger partial charge in [0.1, 0.15) is 5.54 Å². The van der Waals surface area contributed by atoms with Crippen LogP contribution in [0, 0.1) is 0 Å². The number of pyridine rings is 1. The van der Waals surface area contributed by atoms with E-state index in [9.17, 15) is 4.79 Å². The first kappa shape index (κ1) is 12.6. The van der Waals surface area contributed by atoms with E-state index in [4.69, 9.17) is 4.74 Å². The molecule has 0 saturated heterocycles. The monoisotopic (exact) mass is 222 g/mol. The molecule has 0 fully saturated rings. The first-order chi connectivity index (χ1) is 7.47. The van der Waals surface area contributed by atoms with Crippen molar-refractivity contribution in [2.45, 2.75) is 32.4 Å². The molecule has 1 aromatic heterocycles. The van der Waals surface area contributed by atoms with Gasteiger partial charge in [0.05, 0.1) is 7.11 Å². The summed E-state index contributed by atoms with van der Waals surface area (Å²) in [6.07, 6.45) is 3.47. The summed E-state index contributed by atoms with van der Waals surface area (Å²) in [5.74, 6) is -0.270. The maximum absolute atomic E-state index is 11.5. The van der Waals surface area contributed by atoms with Crippen LogP contribution < -0.4 is 5.32 Å². The normalized spacial score (nSPS) is 13.2. The van der Waals surface area contributed by atoms with E-state index in [0.717, 1.165) is 5.56 Å². The summed E-state index contributed by atoms with van der Waals surface area (Å²) in [7, 11) is 1.39. The van der Waals surface area contributed by atoms with E-state index in [0.29, 0.717) is 0 Å². The number of methoxy groups -OCH3 is 1. The van der Waals surface area contributed by atoms with Gasteiger partial charge in [-0.2, -0.15) is 0 Å². The topological polar surface area (TPSA) is 51.2 Å². The van der Waals surface area contributed by atoms with Crippen molar-refractivity contribution in [2.75, 3.05) is 7.11 Å². The second-order valence-electron chi connectivity index (χ2n) is 4.26. The lowest BCUT2D eigenvalue weighted by molar-refractivity contribution is -0.147. The van der Waals surface area contributed by atoms with Crippen LogP contribution in [0.15, 0.2) is 24.5 Å². The minimum Gasteiger partial charge on any atom is -0.468 e. The van der Waals surface area contributed by atoms with Crippen LogP contribution in [0.2, 0.25) is 0 Å². The second kappa shape index (κ2) is 5.07. The molecule has 1 unspecified atom stereocenters. The summed E-state index contributed by atoms with van der Waals surface area (Å²) in [5.41, 5.74) is 0.393. The van der Waals surface area contributed by atoms with Crippen LogP contribution in [0.25, 0.3) is 0 Å². The third-order valence-corrected chi connectivity index (χ3v) is 2.48. The van der Waals surface area contributed by atoms with E-state index in [1.807, 2.05) is 19.1 Å². The van der Waals surface area contributed by atoms with Crippen LogP contribution in [0.1, 0.15) is 32.4 Å². The first-order valence-electron chi connectivity index (χ1n) is 5.23. The zero-order valence-electron chi connectivity index (χ0n) is 10.2. The number of hydrogen-bond acceptors (Lipinski definition) is 4. The summed E-state index contributed by atoms with van der Waals surface area (Å²) in [6.45, 7) is 5.60. The number of carbonyl (C=O) groups is 1. The number of nitrogens with one attached hydrogen (secondary N) is 1. The number of esters is 1. The van der Waals surface area contributed by atoms with Crippen LogP contribution >= 0.6 is 0 Å². The van der Waals surface area contributed by atoms with Crippen molar-refractivity contribution in [3.63, 3.8) is 0 Å². The lowest BCUT2D eigenvalue weighted by atomic mass is 10.0. The number of aromatic nitrogens is 1. The molecule has 1 aromatic rings. The Balaban J connectivity index is 2.71. The molecule has 0 aliphatic heterocycles. The minimum absolute atomic E-state index is 0.0668. The second-order valence-corrected chi connectivity index (χ2v) is 4.26. The van der Waals surface area contributed by atoms with Gasteiger partial charge in [-0.05, 0) is 38.5 Å². The highest BCUT2D eigenvalue weighted by Crippen LogP contribution is 2.16. The fourth-order valence-corrected chi connectivity index (χ4v) is 1.59. The van der Waals surface area contributed by atoms with Crippen LogP contribution in [-0.4, -0.2) is 23.6 Å². The zero-order valence-corrected chi connectivity index (χ0v) is 10.2. The van der Waals surface area contributed by atoms with E-state index in [1.54, 1.807) is 26.2 Å². The predicted molar refractivity (Wildman–Crippen MR) is 61.9 cm³/mol. The van der Waals surface area contributed by atoms with Gasteiger partial charge < -0.3 is 4.74 Å². The summed E-state index contributed by atoms with van der Waals surface area (Å²) < 4.78 is 4.74. The highest BCUT2D eigenvalue weighted by atomic mass is 16.5. The molecule has 1 atom stereocenters. The van der Waals surface area contributed by atoms with Gasteiger partial charge in [-0.3, -0.25) is 15.1 Å². The van der Waals surface area contributed by atoms with Crippen molar-refractivity contribution < 1.29 is 9.53 Å². The fraction of sp³-hybridized carbons (Fsp3) is 0.500. The number of hydrogen-bond donors (Lipinski definition) is 1. The highest BCUT2D eigenvalue weighted by molar-refractivity contribution is 5.79. The number of ether oxygens (including phenoxy) is 1. The van der Waals surface area contributed by atoms with Crippen molar-refractivity contribution in [2.24, 2.45) is 0 Å². The van der Waals surface area contributed by atoms with Crippen LogP contribution in [0.4, 0.5) is 0 Å². The van der Waals surface area contributed by atoms with E-state index in [1.165, 1.54) is 7.11 Å². The molecule has 16 heavy (non-hydrogen) atoms. The summed E-state index contributed by atoms with van der Waals surface area (Å²) in [6, 6.07) is 3.91. The largest absolute Gasteiger partial charge is 0.468 e. The zero-order chi connectivity index (χ0) is 12.2. The molecule has 88 valence electrons. The summed E-state index contributed by atoms with van der Waals surface area (Å²) in [5, 5.41) is 3.22. The van der Waals surface area contributed by atoms with Crippen LogP contribution in [-0.2, 0) is 9.53 Å². The van der Waals surface area contributed by atoms with Crippen LogP contribution in [0.3, 0.4) is 0 Å². The molecule has 1 heterocycles. The number of carbonyl (C=O) groups excluding carboxylic acids is 1. The van der Waals surface area contributed by atoms with E-state index < -0.39 is 5.54 Å². The Labute approximate surface area is 96.0 Å². The molecule has 0 radical (unpaired) electrons. The lowest BCUT2D eigenvalue weighted by Crippen LogP contribution is -2.48. The molecule has 0 bridgehead atoms. The van der Waals surface area contributed by atoms with Crippen molar-refractivity contribution in [1.29, 1.82) is 0 Å². The van der Waals surface area contributed by atoms with E-state index >= 15 is 0 Å². The Kier molecular flexibility index (Phi) is 4.01. The van der Waals surface area contributed by atoms with Crippen molar-refractivity contribution >= 4 is 5.97 Å². The third-order valence-electron chi connectivity index (χ3n) is 2.48. The Hall–Kier alpha value is -1.42. The van der Waals surface area contributed by atoms with E-state index in [2.05, 4.69) is 10.3 Å². The maximum Gasteiger partial charge on any atom is 0.325 e. The summed E-state index contributed by atoms with van der Waals surface area (Å²) in [4.78, 5) is 15.5. The Bertz CT molecular complexity index is 349. The van der Waals surface area contributed by atoms with Crippen molar-refractivity contribution in [3.8, 4) is 0 Å². The highest BCUT2D eigenvalue weighted by Gasteiger charge is 2.30. The van der Waals surface area contributed by atoms with E-state index in [-0.39, 0.29) is 12.0 Å². The SMILES string of the molecule is COC(=O)C(C)(C)NC(C)c1ccncc1. The van der Waals surface area contributed by atoms with Crippen LogP contribution in [0.5, 0.6) is 0 Å².